The molecule has 4 nitrogen and oxygen atoms in total. The van der Waals surface area contributed by atoms with Crippen LogP contribution in [0.1, 0.15) is 26.3 Å². The Hall–Kier alpha value is -2.59. The van der Waals surface area contributed by atoms with Crippen molar-refractivity contribution in [1.29, 1.82) is 0 Å². The largest absolute Gasteiger partial charge is 0.488 e. The standard InChI is InChI=1S/C22H27NO3/c1-4-23(5-2)15-16-25-20-13-9-10-14-21(20)26-22(18(3)24)17-19-11-7-6-8-12-19/h6-14,17H,4-5,15-16H2,1-3H3. The van der Waals surface area contributed by atoms with Crippen molar-refractivity contribution in [3.8, 4) is 11.5 Å². The van der Waals surface area contributed by atoms with Crippen molar-refractivity contribution in [2.75, 3.05) is 26.2 Å². The van der Waals surface area contributed by atoms with Crippen molar-refractivity contribution in [1.82, 2.24) is 4.90 Å². The number of carbonyl (C=O) groups is 1. The van der Waals surface area contributed by atoms with Crippen LogP contribution in [0.25, 0.3) is 6.08 Å². The Bertz CT molecular complexity index is 721. The first-order valence-corrected chi connectivity index (χ1v) is 9.03. The lowest BCUT2D eigenvalue weighted by Gasteiger charge is -2.19. The number of Topliss-reactive ketones (excluding diaryl/α,β-unsaturated/α-hetero) is 1. The summed E-state index contributed by atoms with van der Waals surface area (Å²) in [5, 5.41) is 0. The van der Waals surface area contributed by atoms with Crippen LogP contribution in [0.2, 0.25) is 0 Å². The van der Waals surface area contributed by atoms with Gasteiger partial charge in [0.1, 0.15) is 6.61 Å². The number of hydrogen-bond donors (Lipinski definition) is 0. The molecule has 0 unspecified atom stereocenters. The van der Waals surface area contributed by atoms with Crippen molar-refractivity contribution in [3.63, 3.8) is 0 Å². The molecule has 0 fully saturated rings. The van der Waals surface area contributed by atoms with E-state index < -0.39 is 0 Å². The lowest BCUT2D eigenvalue weighted by Crippen LogP contribution is -2.27. The number of hydrogen-bond acceptors (Lipinski definition) is 4. The normalized spacial score (nSPS) is 11.5. The van der Waals surface area contributed by atoms with Crippen molar-refractivity contribution < 1.29 is 14.3 Å². The number of allylic oxidation sites excluding steroid dienone is 1. The molecule has 0 radical (unpaired) electrons. The van der Waals surface area contributed by atoms with Crippen LogP contribution in [0.4, 0.5) is 0 Å². The lowest BCUT2D eigenvalue weighted by molar-refractivity contribution is -0.115. The monoisotopic (exact) mass is 353 g/mol. The van der Waals surface area contributed by atoms with Gasteiger partial charge >= 0.3 is 0 Å². The van der Waals surface area contributed by atoms with E-state index in [1.165, 1.54) is 6.92 Å². The molecule has 0 N–H and O–H groups in total. The molecule has 0 aliphatic heterocycles. The molecule has 0 saturated carbocycles. The van der Waals surface area contributed by atoms with Crippen LogP contribution in [-0.4, -0.2) is 36.9 Å². The first kappa shape index (κ1) is 19.7. The van der Waals surface area contributed by atoms with Gasteiger partial charge in [0.05, 0.1) is 0 Å². The number of nitrogens with zero attached hydrogens (tertiary/aromatic N) is 1. The van der Waals surface area contributed by atoms with Gasteiger partial charge in [0.25, 0.3) is 0 Å². The summed E-state index contributed by atoms with van der Waals surface area (Å²) in [7, 11) is 0. The first-order chi connectivity index (χ1) is 12.6. The van der Waals surface area contributed by atoms with Gasteiger partial charge < -0.3 is 14.4 Å². The molecule has 0 atom stereocenters. The SMILES string of the molecule is CCN(CC)CCOc1ccccc1OC(=Cc1ccccc1)C(C)=O. The van der Waals surface area contributed by atoms with E-state index in [-0.39, 0.29) is 11.5 Å². The maximum Gasteiger partial charge on any atom is 0.194 e. The number of benzene rings is 2. The van der Waals surface area contributed by atoms with Gasteiger partial charge in [0.2, 0.25) is 0 Å². The summed E-state index contributed by atoms with van der Waals surface area (Å²) in [6.07, 6.45) is 1.75. The lowest BCUT2D eigenvalue weighted by atomic mass is 10.2. The predicted molar refractivity (Wildman–Crippen MR) is 105 cm³/mol. The first-order valence-electron chi connectivity index (χ1n) is 9.03. The summed E-state index contributed by atoms with van der Waals surface area (Å²) in [4.78, 5) is 14.3. The highest BCUT2D eigenvalue weighted by Crippen LogP contribution is 2.29. The number of carbonyl (C=O) groups excluding carboxylic acids is 1. The third kappa shape index (κ3) is 6.05. The molecule has 0 saturated heterocycles. The quantitative estimate of drug-likeness (QED) is 0.468. The Kier molecular flexibility index (Phi) is 7.90. The molecule has 0 aliphatic carbocycles. The molecule has 0 amide bonds. The highest BCUT2D eigenvalue weighted by molar-refractivity contribution is 5.96. The van der Waals surface area contributed by atoms with Gasteiger partial charge in [-0.1, -0.05) is 56.3 Å². The molecule has 26 heavy (non-hydrogen) atoms. The minimum Gasteiger partial charge on any atom is -0.488 e. The molecule has 138 valence electrons. The zero-order valence-electron chi connectivity index (χ0n) is 15.8. The Morgan fingerprint density at radius 1 is 0.962 bits per heavy atom. The zero-order chi connectivity index (χ0) is 18.8. The van der Waals surface area contributed by atoms with Crippen molar-refractivity contribution in [2.24, 2.45) is 0 Å². The Morgan fingerprint density at radius 2 is 1.58 bits per heavy atom. The highest BCUT2D eigenvalue weighted by atomic mass is 16.5. The van der Waals surface area contributed by atoms with E-state index in [9.17, 15) is 4.79 Å². The van der Waals surface area contributed by atoms with Gasteiger partial charge in [-0.15, -0.1) is 0 Å². The van der Waals surface area contributed by atoms with Gasteiger partial charge in [-0.05, 0) is 36.9 Å². The number of likely N-dealkylation sites (N-methyl/N-ethyl adjacent to an activating group) is 1. The minimum atomic E-state index is -0.133. The number of rotatable bonds is 10. The summed E-state index contributed by atoms with van der Waals surface area (Å²) in [5.41, 5.74) is 0.914. The van der Waals surface area contributed by atoms with E-state index in [1.54, 1.807) is 6.08 Å². The van der Waals surface area contributed by atoms with E-state index >= 15 is 0 Å². The van der Waals surface area contributed by atoms with Crippen LogP contribution in [0.15, 0.2) is 60.4 Å². The Balaban J connectivity index is 2.12. The molecule has 2 aromatic rings. The second-order valence-corrected chi connectivity index (χ2v) is 5.90. The number of ether oxygens (including phenoxy) is 2. The Labute approximate surface area is 156 Å². The molecular formula is C22H27NO3. The molecule has 4 heteroatoms. The third-order valence-corrected chi connectivity index (χ3v) is 4.07. The average Bonchev–Trinajstić information content (AvgIpc) is 2.66. The van der Waals surface area contributed by atoms with Crippen LogP contribution in [0.5, 0.6) is 11.5 Å². The van der Waals surface area contributed by atoms with Crippen LogP contribution in [0.3, 0.4) is 0 Å². The number of para-hydroxylation sites is 2. The van der Waals surface area contributed by atoms with E-state index in [4.69, 9.17) is 9.47 Å². The third-order valence-electron chi connectivity index (χ3n) is 4.07. The summed E-state index contributed by atoms with van der Waals surface area (Å²) in [6, 6.07) is 17.1. The second kappa shape index (κ2) is 10.4. The van der Waals surface area contributed by atoms with Crippen molar-refractivity contribution >= 4 is 11.9 Å². The predicted octanol–water partition coefficient (Wildman–Crippen LogP) is 4.42. The zero-order valence-corrected chi connectivity index (χ0v) is 15.8. The molecular weight excluding hydrogens is 326 g/mol. The topological polar surface area (TPSA) is 38.8 Å². The van der Waals surface area contributed by atoms with Crippen LogP contribution in [-0.2, 0) is 4.79 Å². The van der Waals surface area contributed by atoms with Crippen molar-refractivity contribution in [3.05, 3.63) is 65.9 Å². The minimum absolute atomic E-state index is 0.133. The van der Waals surface area contributed by atoms with Crippen LogP contribution in [0, 0.1) is 0 Å². The van der Waals surface area contributed by atoms with E-state index in [2.05, 4.69) is 18.7 Å². The van der Waals surface area contributed by atoms with Gasteiger partial charge in [-0.2, -0.15) is 0 Å². The van der Waals surface area contributed by atoms with Gasteiger partial charge in [0.15, 0.2) is 23.0 Å². The smallest absolute Gasteiger partial charge is 0.194 e. The maximum atomic E-state index is 12.0. The molecule has 0 heterocycles. The van der Waals surface area contributed by atoms with E-state index in [0.29, 0.717) is 18.1 Å². The molecule has 0 aliphatic rings. The summed E-state index contributed by atoms with van der Waals surface area (Å²) < 4.78 is 11.8. The molecule has 0 aromatic heterocycles. The summed E-state index contributed by atoms with van der Waals surface area (Å²) in [6.45, 7) is 9.17. The molecule has 2 rings (SSSR count). The van der Waals surface area contributed by atoms with E-state index in [1.807, 2.05) is 54.6 Å². The molecule has 2 aromatic carbocycles. The highest BCUT2D eigenvalue weighted by Gasteiger charge is 2.12. The van der Waals surface area contributed by atoms with Gasteiger partial charge in [-0.3, -0.25) is 4.79 Å². The number of ketones is 1. The molecule has 0 bridgehead atoms. The fourth-order valence-corrected chi connectivity index (χ4v) is 2.50. The fourth-order valence-electron chi connectivity index (χ4n) is 2.50. The van der Waals surface area contributed by atoms with Gasteiger partial charge in [-0.25, -0.2) is 0 Å². The fraction of sp³-hybridized carbons (Fsp3) is 0.318. The van der Waals surface area contributed by atoms with Crippen LogP contribution < -0.4 is 9.47 Å². The van der Waals surface area contributed by atoms with E-state index in [0.717, 1.165) is 25.2 Å². The summed E-state index contributed by atoms with van der Waals surface area (Å²) in [5.74, 6) is 1.34. The maximum absolute atomic E-state index is 12.0. The average molecular weight is 353 g/mol. The van der Waals surface area contributed by atoms with Crippen LogP contribution >= 0.6 is 0 Å². The van der Waals surface area contributed by atoms with Crippen molar-refractivity contribution in [2.45, 2.75) is 20.8 Å². The second-order valence-electron chi connectivity index (χ2n) is 5.90. The van der Waals surface area contributed by atoms with Gasteiger partial charge in [0, 0.05) is 13.5 Å². The summed E-state index contributed by atoms with van der Waals surface area (Å²) >= 11 is 0. The Morgan fingerprint density at radius 3 is 2.19 bits per heavy atom. The molecule has 0 spiro atoms.